The molecule has 21 heavy (non-hydrogen) atoms. The van der Waals surface area contributed by atoms with Gasteiger partial charge in [-0.25, -0.2) is 0 Å². The molecule has 122 valence electrons. The summed E-state index contributed by atoms with van der Waals surface area (Å²) in [6, 6.07) is 2.71. The van der Waals surface area contributed by atoms with E-state index in [1.54, 1.807) is 0 Å². The first-order valence-electron chi connectivity index (χ1n) is 9.19. The Morgan fingerprint density at radius 2 is 1.24 bits per heavy atom. The molecule has 4 rings (SSSR count). The number of fused-ring (bicyclic) bond motifs is 2. The van der Waals surface area contributed by atoms with Gasteiger partial charge < -0.3 is 0 Å². The molecule has 0 aromatic carbocycles. The second-order valence-electron chi connectivity index (χ2n) is 9.91. The van der Waals surface area contributed by atoms with Gasteiger partial charge in [-0.05, 0) is 64.2 Å². The predicted octanol–water partition coefficient (Wildman–Crippen LogP) is 4.15. The molecule has 3 aliphatic heterocycles. The molecule has 0 amide bonds. The molecule has 1 saturated carbocycles. The maximum Gasteiger partial charge on any atom is 0.0125 e. The van der Waals surface area contributed by atoms with Gasteiger partial charge in [0.15, 0.2) is 0 Å². The first-order valence-corrected chi connectivity index (χ1v) is 9.19. The minimum absolute atomic E-state index is 0.354. The Balaban J connectivity index is 1.55. The van der Waals surface area contributed by atoms with E-state index in [1.807, 2.05) is 0 Å². The van der Waals surface area contributed by atoms with Gasteiger partial charge in [-0.3, -0.25) is 9.80 Å². The van der Waals surface area contributed by atoms with Crippen LogP contribution in [0.4, 0.5) is 0 Å². The summed E-state index contributed by atoms with van der Waals surface area (Å²) in [5.74, 6) is 0.951. The number of rotatable bonds is 1. The third kappa shape index (κ3) is 3.03. The number of likely N-dealkylation sites (tertiary alicyclic amines) is 1. The van der Waals surface area contributed by atoms with Gasteiger partial charge in [0.25, 0.3) is 0 Å². The van der Waals surface area contributed by atoms with E-state index in [2.05, 4.69) is 51.3 Å². The van der Waals surface area contributed by atoms with Crippen LogP contribution in [0.1, 0.15) is 73.6 Å². The summed E-state index contributed by atoms with van der Waals surface area (Å²) in [6.45, 7) is 17.0. The Morgan fingerprint density at radius 1 is 0.714 bits per heavy atom. The van der Waals surface area contributed by atoms with E-state index in [9.17, 15) is 0 Å². The predicted molar refractivity (Wildman–Crippen MR) is 90.6 cm³/mol. The highest BCUT2D eigenvalue weighted by Crippen LogP contribution is 2.49. The highest BCUT2D eigenvalue weighted by Gasteiger charge is 2.50. The van der Waals surface area contributed by atoms with Gasteiger partial charge in [-0.2, -0.15) is 0 Å². The van der Waals surface area contributed by atoms with Crippen molar-refractivity contribution in [1.82, 2.24) is 9.80 Å². The zero-order valence-electron chi connectivity index (χ0n) is 15.2. The molecule has 0 N–H and O–H groups in total. The number of piperidine rings is 2. The van der Waals surface area contributed by atoms with Crippen LogP contribution in [0.3, 0.4) is 0 Å². The summed E-state index contributed by atoms with van der Waals surface area (Å²) in [5.41, 5.74) is 0.867. The van der Waals surface area contributed by atoms with Crippen LogP contribution in [-0.2, 0) is 0 Å². The fourth-order valence-corrected chi connectivity index (χ4v) is 5.04. The molecule has 3 saturated heterocycles. The van der Waals surface area contributed by atoms with Gasteiger partial charge in [-0.15, -0.1) is 0 Å². The van der Waals surface area contributed by atoms with E-state index in [1.165, 1.54) is 45.2 Å². The van der Waals surface area contributed by atoms with Crippen molar-refractivity contribution in [2.75, 3.05) is 13.1 Å². The van der Waals surface area contributed by atoms with Crippen LogP contribution >= 0.6 is 0 Å². The van der Waals surface area contributed by atoms with E-state index in [0.29, 0.717) is 11.0 Å². The highest BCUT2D eigenvalue weighted by molar-refractivity contribution is 5.05. The zero-order chi connectivity index (χ0) is 15.4. The van der Waals surface area contributed by atoms with Crippen molar-refractivity contribution in [2.24, 2.45) is 11.3 Å². The monoisotopic (exact) mass is 292 g/mol. The topological polar surface area (TPSA) is 6.48 Å². The number of hydrogen-bond donors (Lipinski definition) is 0. The molecule has 2 atom stereocenters. The molecule has 1 aliphatic carbocycles. The van der Waals surface area contributed by atoms with Crippen molar-refractivity contribution in [2.45, 2.75) is 97.3 Å². The summed E-state index contributed by atoms with van der Waals surface area (Å²) in [5, 5.41) is 0. The van der Waals surface area contributed by atoms with E-state index in [-0.39, 0.29) is 0 Å². The Kier molecular flexibility index (Phi) is 3.94. The van der Waals surface area contributed by atoms with E-state index in [0.717, 1.165) is 24.0 Å². The van der Waals surface area contributed by atoms with Crippen molar-refractivity contribution >= 4 is 0 Å². The van der Waals surface area contributed by atoms with Gasteiger partial charge in [-0.1, -0.05) is 20.8 Å². The molecular formula is C19H36N2. The van der Waals surface area contributed by atoms with E-state index < -0.39 is 0 Å². The molecule has 0 spiro atoms. The number of hydrogen-bond acceptors (Lipinski definition) is 2. The second-order valence-corrected chi connectivity index (χ2v) is 9.91. The largest absolute Gasteiger partial charge is 0.298 e. The summed E-state index contributed by atoms with van der Waals surface area (Å²) in [6.07, 6.45) is 7.19. The van der Waals surface area contributed by atoms with Crippen LogP contribution in [0.15, 0.2) is 0 Å². The van der Waals surface area contributed by atoms with Gasteiger partial charge >= 0.3 is 0 Å². The van der Waals surface area contributed by atoms with Crippen LogP contribution in [-0.4, -0.2) is 46.6 Å². The zero-order valence-corrected chi connectivity index (χ0v) is 15.2. The minimum atomic E-state index is 0.354. The van der Waals surface area contributed by atoms with Crippen LogP contribution in [0.5, 0.6) is 0 Å². The average molecular weight is 293 g/mol. The maximum atomic E-state index is 2.93. The molecule has 3 heterocycles. The second kappa shape index (κ2) is 5.23. The maximum absolute atomic E-state index is 2.93. The van der Waals surface area contributed by atoms with Gasteiger partial charge in [0.1, 0.15) is 0 Å². The Morgan fingerprint density at radius 3 is 1.67 bits per heavy atom. The quantitative estimate of drug-likeness (QED) is 0.716. The van der Waals surface area contributed by atoms with Crippen LogP contribution in [0.25, 0.3) is 0 Å². The molecule has 0 aromatic rings. The lowest BCUT2D eigenvalue weighted by molar-refractivity contribution is -0.114. The van der Waals surface area contributed by atoms with E-state index in [4.69, 9.17) is 0 Å². The molecular weight excluding hydrogens is 256 g/mol. The lowest BCUT2D eigenvalue weighted by atomic mass is 9.64. The minimum Gasteiger partial charge on any atom is -0.298 e. The Hall–Kier alpha value is -0.0800. The van der Waals surface area contributed by atoms with Crippen molar-refractivity contribution in [3.63, 3.8) is 0 Å². The van der Waals surface area contributed by atoms with E-state index >= 15 is 0 Å². The third-order valence-corrected chi connectivity index (χ3v) is 6.56. The fourth-order valence-electron chi connectivity index (χ4n) is 5.04. The normalized spacial score (nSPS) is 36.6. The first-order chi connectivity index (χ1) is 9.66. The smallest absolute Gasteiger partial charge is 0.0125 e. The van der Waals surface area contributed by atoms with Crippen molar-refractivity contribution in [1.29, 1.82) is 0 Å². The average Bonchev–Trinajstić information content (AvgIpc) is 2.37. The summed E-state index contributed by atoms with van der Waals surface area (Å²) in [7, 11) is 0. The van der Waals surface area contributed by atoms with Crippen LogP contribution < -0.4 is 0 Å². The summed E-state index contributed by atoms with van der Waals surface area (Å²) >= 11 is 0. The van der Waals surface area contributed by atoms with Gasteiger partial charge in [0, 0.05) is 36.8 Å². The van der Waals surface area contributed by atoms with Crippen LogP contribution in [0.2, 0.25) is 0 Å². The SMILES string of the molecule is CC(C)(C)C1CC2CC(C1)N2C1CCN(C(C)(C)C)CC1. The molecule has 2 heteroatoms. The molecule has 2 unspecified atom stereocenters. The molecule has 0 aromatic heterocycles. The van der Waals surface area contributed by atoms with Crippen molar-refractivity contribution in [3.8, 4) is 0 Å². The standard InChI is InChI=1S/C19H36N2/c1-18(2,3)14-11-16-13-17(12-14)21(16)15-7-9-20(10-8-15)19(4,5)6/h14-17H,7-13H2,1-6H3. The Labute approximate surface area is 132 Å². The van der Waals surface area contributed by atoms with Crippen LogP contribution in [0, 0.1) is 11.3 Å². The first kappa shape index (κ1) is 15.8. The Bertz CT molecular complexity index is 356. The van der Waals surface area contributed by atoms with Crippen molar-refractivity contribution < 1.29 is 0 Å². The molecule has 4 fully saturated rings. The lowest BCUT2D eigenvalue weighted by Crippen LogP contribution is -2.66. The molecule has 4 aliphatic rings. The van der Waals surface area contributed by atoms with Gasteiger partial charge in [0.2, 0.25) is 0 Å². The molecule has 0 radical (unpaired) electrons. The molecule has 2 bridgehead atoms. The third-order valence-electron chi connectivity index (χ3n) is 6.56. The van der Waals surface area contributed by atoms with Gasteiger partial charge in [0.05, 0.1) is 0 Å². The number of nitrogens with zero attached hydrogens (tertiary/aromatic N) is 2. The fraction of sp³-hybridized carbons (Fsp3) is 1.00. The summed E-state index contributed by atoms with van der Waals surface area (Å²) < 4.78 is 0. The van der Waals surface area contributed by atoms with Crippen molar-refractivity contribution in [3.05, 3.63) is 0 Å². The highest BCUT2D eigenvalue weighted by atomic mass is 15.3. The summed E-state index contributed by atoms with van der Waals surface area (Å²) in [4.78, 5) is 5.61. The molecule has 2 nitrogen and oxygen atoms in total. The lowest BCUT2D eigenvalue weighted by Gasteiger charge is -2.61.